The van der Waals surface area contributed by atoms with Crippen molar-refractivity contribution in [2.45, 2.75) is 0 Å². The number of carbonyl (C=O) groups is 1. The Hall–Kier alpha value is -2.92. The van der Waals surface area contributed by atoms with Crippen molar-refractivity contribution in [1.29, 1.82) is 0 Å². The van der Waals surface area contributed by atoms with Crippen LogP contribution in [0.5, 0.6) is 5.75 Å². The Kier molecular flexibility index (Phi) is 4.72. The van der Waals surface area contributed by atoms with E-state index in [9.17, 15) is 4.79 Å². The lowest BCUT2D eigenvalue weighted by atomic mass is 10.2. The summed E-state index contributed by atoms with van der Waals surface area (Å²) >= 11 is 5.28. The second-order valence-electron chi connectivity index (χ2n) is 5.12. The molecule has 1 heterocycles. The van der Waals surface area contributed by atoms with Crippen LogP contribution >= 0.6 is 12.2 Å². The van der Waals surface area contributed by atoms with E-state index in [0.717, 1.165) is 11.3 Å². The molecule has 1 N–H and O–H groups in total. The van der Waals surface area contributed by atoms with E-state index in [1.54, 1.807) is 37.5 Å². The predicted octanol–water partition coefficient (Wildman–Crippen LogP) is 3.51. The Balaban J connectivity index is 1.78. The fourth-order valence-corrected chi connectivity index (χ4v) is 2.63. The molecule has 0 aliphatic carbocycles. The second kappa shape index (κ2) is 7.10. The van der Waals surface area contributed by atoms with Gasteiger partial charge in [-0.05, 0) is 48.1 Å². The molecular weight excluding hydrogens is 320 g/mol. The fourth-order valence-electron chi connectivity index (χ4n) is 2.34. The number of methoxy groups -OCH3 is 1. The van der Waals surface area contributed by atoms with Crippen LogP contribution in [-0.2, 0) is 4.79 Å². The maximum Gasteiger partial charge on any atom is 0.281 e. The Bertz CT molecular complexity index is 811. The zero-order chi connectivity index (χ0) is 16.9. The molecule has 3 rings (SSSR count). The molecule has 0 unspecified atom stereocenters. The zero-order valence-electron chi connectivity index (χ0n) is 13.1. The molecule has 5 heteroatoms. The third-order valence-corrected chi connectivity index (χ3v) is 3.84. The number of amides is 1. The van der Waals surface area contributed by atoms with Crippen LogP contribution in [0.4, 0.5) is 5.69 Å². The minimum absolute atomic E-state index is 0.178. The lowest BCUT2D eigenvalue weighted by Crippen LogP contribution is -2.30. The number of anilines is 1. The maximum absolute atomic E-state index is 12.6. The number of hydrogen-bond acceptors (Lipinski definition) is 3. The molecule has 4 nitrogen and oxygen atoms in total. The van der Waals surface area contributed by atoms with Crippen molar-refractivity contribution < 1.29 is 9.53 Å². The van der Waals surface area contributed by atoms with Crippen LogP contribution in [0.2, 0.25) is 0 Å². The average molecular weight is 336 g/mol. The van der Waals surface area contributed by atoms with Crippen LogP contribution in [0, 0.1) is 0 Å². The van der Waals surface area contributed by atoms with Gasteiger partial charge in [-0.1, -0.05) is 42.5 Å². The fraction of sp³-hybridized carbons (Fsp3) is 0.0526. The number of thiocarbonyl (C=S) groups is 1. The number of ether oxygens (including phenoxy) is 1. The molecule has 1 amide bonds. The lowest BCUT2D eigenvalue weighted by Gasteiger charge is -2.14. The first-order valence-electron chi connectivity index (χ1n) is 7.42. The molecule has 0 aromatic heterocycles. The van der Waals surface area contributed by atoms with E-state index >= 15 is 0 Å². The van der Waals surface area contributed by atoms with Crippen molar-refractivity contribution in [1.82, 2.24) is 5.32 Å². The van der Waals surface area contributed by atoms with Crippen LogP contribution in [0.15, 0.2) is 72.4 Å². The van der Waals surface area contributed by atoms with Gasteiger partial charge in [0.25, 0.3) is 5.91 Å². The van der Waals surface area contributed by atoms with Gasteiger partial charge in [0.2, 0.25) is 0 Å². The van der Waals surface area contributed by atoms with Gasteiger partial charge >= 0.3 is 0 Å². The molecule has 2 aromatic rings. The number of benzene rings is 2. The first-order valence-corrected chi connectivity index (χ1v) is 7.83. The van der Waals surface area contributed by atoms with Gasteiger partial charge < -0.3 is 10.1 Å². The third kappa shape index (κ3) is 3.36. The van der Waals surface area contributed by atoms with E-state index in [1.165, 1.54) is 4.90 Å². The van der Waals surface area contributed by atoms with Crippen LogP contribution < -0.4 is 15.0 Å². The van der Waals surface area contributed by atoms with Crippen LogP contribution in [0.25, 0.3) is 6.08 Å². The normalized spacial score (nSPS) is 16.0. The third-order valence-electron chi connectivity index (χ3n) is 3.56. The SMILES string of the molecule is COc1ccc(N2C(=O)C(=CC=Cc3ccccc3)NC2=S)cc1. The zero-order valence-corrected chi connectivity index (χ0v) is 13.9. The van der Waals surface area contributed by atoms with Crippen LogP contribution in [0.1, 0.15) is 5.56 Å². The number of nitrogens with one attached hydrogen (secondary N) is 1. The van der Waals surface area contributed by atoms with Gasteiger partial charge in [-0.25, -0.2) is 0 Å². The predicted molar refractivity (Wildman–Crippen MR) is 99.8 cm³/mol. The standard InChI is InChI=1S/C19H16N2O2S/c1-23-16-12-10-15(11-13-16)21-18(22)17(20-19(21)24)9-5-8-14-6-3-2-4-7-14/h2-13H,1H3,(H,20,24). The van der Waals surface area contributed by atoms with E-state index in [2.05, 4.69) is 5.32 Å². The van der Waals surface area contributed by atoms with E-state index in [4.69, 9.17) is 17.0 Å². The highest BCUT2D eigenvalue weighted by molar-refractivity contribution is 7.80. The summed E-state index contributed by atoms with van der Waals surface area (Å²) in [7, 11) is 1.60. The molecular formula is C19H16N2O2S. The molecule has 0 radical (unpaired) electrons. The number of rotatable bonds is 4. The molecule has 1 saturated heterocycles. The molecule has 0 bridgehead atoms. The molecule has 120 valence electrons. The van der Waals surface area contributed by atoms with Gasteiger partial charge in [0.1, 0.15) is 11.4 Å². The molecule has 24 heavy (non-hydrogen) atoms. The summed E-state index contributed by atoms with van der Waals surface area (Å²) < 4.78 is 5.13. The van der Waals surface area contributed by atoms with E-state index in [1.807, 2.05) is 42.5 Å². The van der Waals surface area contributed by atoms with Gasteiger partial charge in [-0.3, -0.25) is 9.69 Å². The van der Waals surface area contributed by atoms with E-state index in [0.29, 0.717) is 16.5 Å². The van der Waals surface area contributed by atoms with E-state index < -0.39 is 0 Å². The Morgan fingerprint density at radius 3 is 2.46 bits per heavy atom. The summed E-state index contributed by atoms with van der Waals surface area (Å²) in [5.74, 6) is 0.550. The highest BCUT2D eigenvalue weighted by Crippen LogP contribution is 2.23. The van der Waals surface area contributed by atoms with Crippen molar-refractivity contribution in [2.75, 3.05) is 12.0 Å². The molecule has 1 aliphatic heterocycles. The quantitative estimate of drug-likeness (QED) is 0.685. The van der Waals surface area contributed by atoms with Crippen molar-refractivity contribution in [3.8, 4) is 5.75 Å². The van der Waals surface area contributed by atoms with Crippen LogP contribution in [-0.4, -0.2) is 18.1 Å². The summed E-state index contributed by atoms with van der Waals surface area (Å²) in [6.45, 7) is 0. The minimum atomic E-state index is -0.178. The van der Waals surface area contributed by atoms with Gasteiger partial charge in [-0.15, -0.1) is 0 Å². The summed E-state index contributed by atoms with van der Waals surface area (Å²) in [6.07, 6.45) is 5.49. The average Bonchev–Trinajstić information content (AvgIpc) is 2.90. The second-order valence-corrected chi connectivity index (χ2v) is 5.51. The molecule has 0 saturated carbocycles. The first kappa shape index (κ1) is 16.0. The molecule has 1 fully saturated rings. The monoisotopic (exact) mass is 336 g/mol. The van der Waals surface area contributed by atoms with Crippen molar-refractivity contribution in [2.24, 2.45) is 0 Å². The molecule has 1 aliphatic rings. The van der Waals surface area contributed by atoms with E-state index in [-0.39, 0.29) is 5.91 Å². The Morgan fingerprint density at radius 1 is 1.08 bits per heavy atom. The van der Waals surface area contributed by atoms with Gasteiger partial charge in [0.15, 0.2) is 5.11 Å². The highest BCUT2D eigenvalue weighted by atomic mass is 32.1. The molecule has 2 aromatic carbocycles. The lowest BCUT2D eigenvalue weighted by molar-refractivity contribution is -0.113. The van der Waals surface area contributed by atoms with Gasteiger partial charge in [-0.2, -0.15) is 0 Å². The Morgan fingerprint density at radius 2 is 1.79 bits per heavy atom. The minimum Gasteiger partial charge on any atom is -0.497 e. The topological polar surface area (TPSA) is 41.6 Å². The summed E-state index contributed by atoms with van der Waals surface area (Å²) in [5, 5.41) is 3.32. The van der Waals surface area contributed by atoms with Crippen molar-refractivity contribution >= 4 is 35.0 Å². The van der Waals surface area contributed by atoms with Crippen LogP contribution in [0.3, 0.4) is 0 Å². The first-order chi connectivity index (χ1) is 11.7. The summed E-state index contributed by atoms with van der Waals surface area (Å²) in [4.78, 5) is 14.0. The molecule has 0 atom stereocenters. The van der Waals surface area contributed by atoms with Gasteiger partial charge in [0.05, 0.1) is 12.8 Å². The van der Waals surface area contributed by atoms with Crippen molar-refractivity contribution in [3.63, 3.8) is 0 Å². The largest absolute Gasteiger partial charge is 0.497 e. The van der Waals surface area contributed by atoms with Crippen molar-refractivity contribution in [3.05, 3.63) is 78.0 Å². The number of nitrogens with zero attached hydrogens (tertiary/aromatic N) is 1. The molecule has 0 spiro atoms. The summed E-state index contributed by atoms with van der Waals surface area (Å²) in [5.41, 5.74) is 2.21. The Labute approximate surface area is 146 Å². The number of allylic oxidation sites excluding steroid dienone is 2. The smallest absolute Gasteiger partial charge is 0.281 e. The summed E-state index contributed by atoms with van der Waals surface area (Å²) in [6, 6.07) is 17.1. The number of carbonyl (C=O) groups excluding carboxylic acids is 1. The maximum atomic E-state index is 12.6. The highest BCUT2D eigenvalue weighted by Gasteiger charge is 2.31. The number of hydrogen-bond donors (Lipinski definition) is 1. The van der Waals surface area contributed by atoms with Gasteiger partial charge in [0, 0.05) is 0 Å².